The lowest BCUT2D eigenvalue weighted by atomic mass is 9.99. The monoisotopic (exact) mass is 473 g/mol. The number of carbonyl (C=O) groups is 1. The number of anilines is 1. The lowest BCUT2D eigenvalue weighted by Gasteiger charge is -2.27. The SMILES string of the molecule is Cc1cccc(NC(=O)CCN2C(=S)N[C@@H](c3ccccn3)[C@H]2c2ccn(C3CCCC3)c2)c1. The van der Waals surface area contributed by atoms with Gasteiger partial charge in [-0.05, 0) is 73.4 Å². The molecule has 1 aliphatic carbocycles. The standard InChI is InChI=1S/C27H31N5OS/c1-19-7-6-8-21(17-19)29-24(33)13-16-32-26(20-12-15-31(18-20)22-9-2-3-10-22)25(30-27(32)34)23-11-4-5-14-28-23/h4-8,11-12,14-15,17-18,22,25-26H,2-3,9-10,13,16H2,1H3,(H,29,33)(H,30,34)/t25-,26+/m0/s1. The number of amides is 1. The summed E-state index contributed by atoms with van der Waals surface area (Å²) in [7, 11) is 0. The van der Waals surface area contributed by atoms with Gasteiger partial charge in [-0.2, -0.15) is 0 Å². The number of nitrogens with zero attached hydrogens (tertiary/aromatic N) is 3. The van der Waals surface area contributed by atoms with Crippen LogP contribution in [-0.2, 0) is 4.79 Å². The van der Waals surface area contributed by atoms with Gasteiger partial charge in [-0.3, -0.25) is 9.78 Å². The Balaban J connectivity index is 1.36. The molecule has 1 aliphatic heterocycles. The van der Waals surface area contributed by atoms with Crippen LogP contribution in [0, 0.1) is 6.92 Å². The topological polar surface area (TPSA) is 62.2 Å². The molecule has 2 fully saturated rings. The first-order valence-electron chi connectivity index (χ1n) is 12.1. The van der Waals surface area contributed by atoms with Gasteiger partial charge in [0.25, 0.3) is 0 Å². The Morgan fingerprint density at radius 2 is 2.03 bits per heavy atom. The van der Waals surface area contributed by atoms with Gasteiger partial charge in [-0.1, -0.05) is 31.0 Å². The van der Waals surface area contributed by atoms with Gasteiger partial charge in [0.05, 0.1) is 17.8 Å². The lowest BCUT2D eigenvalue weighted by molar-refractivity contribution is -0.116. The number of hydrogen-bond donors (Lipinski definition) is 2. The number of rotatable bonds is 7. The number of aromatic nitrogens is 2. The van der Waals surface area contributed by atoms with Crippen molar-refractivity contribution < 1.29 is 4.79 Å². The van der Waals surface area contributed by atoms with Gasteiger partial charge >= 0.3 is 0 Å². The Labute approximate surface area is 206 Å². The maximum absolute atomic E-state index is 12.7. The van der Waals surface area contributed by atoms with Gasteiger partial charge in [0.15, 0.2) is 5.11 Å². The number of pyridine rings is 1. The average molecular weight is 474 g/mol. The van der Waals surface area contributed by atoms with Crippen LogP contribution in [0.2, 0.25) is 0 Å². The second-order valence-electron chi connectivity index (χ2n) is 9.32. The third-order valence-corrected chi connectivity index (χ3v) is 7.26. The summed E-state index contributed by atoms with van der Waals surface area (Å²) < 4.78 is 2.36. The Morgan fingerprint density at radius 1 is 1.18 bits per heavy atom. The maximum Gasteiger partial charge on any atom is 0.226 e. The molecule has 0 radical (unpaired) electrons. The van der Waals surface area contributed by atoms with E-state index in [0.717, 1.165) is 16.9 Å². The van der Waals surface area contributed by atoms with Crippen molar-refractivity contribution in [1.82, 2.24) is 19.8 Å². The molecule has 0 spiro atoms. The van der Waals surface area contributed by atoms with Crippen LogP contribution in [0.15, 0.2) is 67.1 Å². The summed E-state index contributed by atoms with van der Waals surface area (Å²) in [4.78, 5) is 19.5. The molecule has 34 heavy (non-hydrogen) atoms. The van der Waals surface area contributed by atoms with Crippen molar-refractivity contribution in [2.75, 3.05) is 11.9 Å². The van der Waals surface area contributed by atoms with E-state index in [1.165, 1.54) is 31.2 Å². The number of benzene rings is 1. The molecule has 2 atom stereocenters. The molecule has 1 aromatic carbocycles. The Hall–Kier alpha value is -3.19. The third-order valence-electron chi connectivity index (χ3n) is 6.90. The van der Waals surface area contributed by atoms with Crippen molar-refractivity contribution in [2.24, 2.45) is 0 Å². The van der Waals surface area contributed by atoms with Crippen LogP contribution < -0.4 is 10.6 Å². The van der Waals surface area contributed by atoms with Crippen LogP contribution in [0.1, 0.15) is 67.1 Å². The molecule has 1 saturated heterocycles. The molecule has 2 N–H and O–H groups in total. The van der Waals surface area contributed by atoms with Crippen molar-refractivity contribution in [2.45, 2.75) is 57.2 Å². The van der Waals surface area contributed by atoms with Gasteiger partial charge in [0.1, 0.15) is 0 Å². The molecule has 3 heterocycles. The molecule has 3 aromatic rings. The van der Waals surface area contributed by atoms with E-state index < -0.39 is 0 Å². The van der Waals surface area contributed by atoms with E-state index in [1.807, 2.05) is 55.6 Å². The van der Waals surface area contributed by atoms with E-state index >= 15 is 0 Å². The Morgan fingerprint density at radius 3 is 2.79 bits per heavy atom. The summed E-state index contributed by atoms with van der Waals surface area (Å²) in [6.07, 6.45) is 11.7. The highest BCUT2D eigenvalue weighted by molar-refractivity contribution is 7.80. The van der Waals surface area contributed by atoms with E-state index in [1.54, 1.807) is 0 Å². The Bertz CT molecular complexity index is 1150. The van der Waals surface area contributed by atoms with Gasteiger partial charge in [0, 0.05) is 43.3 Å². The molecule has 1 amide bonds. The van der Waals surface area contributed by atoms with Crippen molar-refractivity contribution in [3.8, 4) is 0 Å². The van der Waals surface area contributed by atoms with Gasteiger partial charge in [-0.15, -0.1) is 0 Å². The second kappa shape index (κ2) is 9.97. The van der Waals surface area contributed by atoms with Crippen LogP contribution in [-0.4, -0.2) is 32.0 Å². The zero-order chi connectivity index (χ0) is 23.5. The largest absolute Gasteiger partial charge is 0.352 e. The van der Waals surface area contributed by atoms with Crippen molar-refractivity contribution in [3.05, 3.63) is 83.9 Å². The highest BCUT2D eigenvalue weighted by Gasteiger charge is 2.40. The lowest BCUT2D eigenvalue weighted by Crippen LogP contribution is -2.32. The summed E-state index contributed by atoms with van der Waals surface area (Å²) >= 11 is 5.76. The second-order valence-corrected chi connectivity index (χ2v) is 9.70. The summed E-state index contributed by atoms with van der Waals surface area (Å²) in [5.74, 6) is -0.0167. The van der Waals surface area contributed by atoms with E-state index in [9.17, 15) is 4.79 Å². The van der Waals surface area contributed by atoms with E-state index in [4.69, 9.17) is 12.2 Å². The van der Waals surface area contributed by atoms with Crippen LogP contribution in [0.4, 0.5) is 5.69 Å². The predicted molar refractivity (Wildman–Crippen MR) is 139 cm³/mol. The Kier molecular flexibility index (Phi) is 6.63. The van der Waals surface area contributed by atoms with Crippen LogP contribution in [0.25, 0.3) is 0 Å². The number of thiocarbonyl (C=S) groups is 1. The molecule has 1 saturated carbocycles. The fourth-order valence-corrected chi connectivity index (χ4v) is 5.54. The first-order chi connectivity index (χ1) is 16.6. The first-order valence-corrected chi connectivity index (χ1v) is 12.5. The van der Waals surface area contributed by atoms with E-state index in [0.29, 0.717) is 24.1 Å². The molecular formula is C27H31N5OS. The van der Waals surface area contributed by atoms with E-state index in [-0.39, 0.29) is 18.0 Å². The van der Waals surface area contributed by atoms with Gasteiger partial charge < -0.3 is 20.1 Å². The highest BCUT2D eigenvalue weighted by atomic mass is 32.1. The van der Waals surface area contributed by atoms with Crippen LogP contribution >= 0.6 is 12.2 Å². The minimum Gasteiger partial charge on any atom is -0.352 e. The molecular weight excluding hydrogens is 442 g/mol. The fraction of sp³-hybridized carbons (Fsp3) is 0.370. The van der Waals surface area contributed by atoms with Crippen molar-refractivity contribution >= 4 is 28.9 Å². The van der Waals surface area contributed by atoms with Gasteiger partial charge in [-0.25, -0.2) is 0 Å². The first kappa shape index (κ1) is 22.6. The fourth-order valence-electron chi connectivity index (χ4n) is 5.21. The minimum absolute atomic E-state index is 0.0167. The number of hydrogen-bond acceptors (Lipinski definition) is 3. The van der Waals surface area contributed by atoms with Crippen molar-refractivity contribution in [1.29, 1.82) is 0 Å². The van der Waals surface area contributed by atoms with Crippen LogP contribution in [0.5, 0.6) is 0 Å². The highest BCUT2D eigenvalue weighted by Crippen LogP contribution is 2.40. The zero-order valence-electron chi connectivity index (χ0n) is 19.5. The third kappa shape index (κ3) is 4.85. The molecule has 0 bridgehead atoms. The quantitative estimate of drug-likeness (QED) is 0.456. The summed E-state index contributed by atoms with van der Waals surface area (Å²) in [6.45, 7) is 2.55. The molecule has 2 aromatic heterocycles. The average Bonchev–Trinajstić information content (AvgIpc) is 3.58. The molecule has 0 unspecified atom stereocenters. The molecule has 7 heteroatoms. The maximum atomic E-state index is 12.7. The minimum atomic E-state index is -0.0621. The predicted octanol–water partition coefficient (Wildman–Crippen LogP) is 5.31. The number of carbonyl (C=O) groups excluding carboxylic acids is 1. The summed E-state index contributed by atoms with van der Waals surface area (Å²) in [5.41, 5.74) is 4.10. The smallest absolute Gasteiger partial charge is 0.226 e. The molecule has 6 nitrogen and oxygen atoms in total. The molecule has 176 valence electrons. The number of nitrogens with one attached hydrogen (secondary N) is 2. The normalized spacial score (nSPS) is 20.5. The number of aryl methyl sites for hydroxylation is 1. The molecule has 5 rings (SSSR count). The van der Waals surface area contributed by atoms with Gasteiger partial charge in [0.2, 0.25) is 5.91 Å². The molecule has 2 aliphatic rings. The zero-order valence-corrected chi connectivity index (χ0v) is 20.3. The summed E-state index contributed by atoms with van der Waals surface area (Å²) in [6, 6.07) is 16.5. The van der Waals surface area contributed by atoms with E-state index in [2.05, 4.69) is 43.5 Å². The van der Waals surface area contributed by atoms with Crippen molar-refractivity contribution in [3.63, 3.8) is 0 Å². The van der Waals surface area contributed by atoms with Crippen LogP contribution in [0.3, 0.4) is 0 Å². The summed E-state index contributed by atoms with van der Waals surface area (Å²) in [5, 5.41) is 7.16.